The Balaban J connectivity index is 2.12. The van der Waals surface area contributed by atoms with E-state index in [9.17, 15) is 9.59 Å². The maximum absolute atomic E-state index is 10.3. The molecule has 1 aliphatic carbocycles. The van der Waals surface area contributed by atoms with Crippen LogP contribution in [0.25, 0.3) is 0 Å². The molecule has 0 amide bonds. The summed E-state index contributed by atoms with van der Waals surface area (Å²) in [4.78, 5) is 20.2. The zero-order valence-electron chi connectivity index (χ0n) is 8.55. The summed E-state index contributed by atoms with van der Waals surface area (Å²) in [5.41, 5.74) is 0. The predicted molar refractivity (Wildman–Crippen MR) is 51.3 cm³/mol. The molecule has 0 aromatic rings. The Bertz CT molecular complexity index is 208. The number of hydrogen-bond acceptors (Lipinski definition) is 4. The first kappa shape index (κ1) is 12.0. The summed E-state index contributed by atoms with van der Waals surface area (Å²) in [5.74, 6) is -0.527. The molecule has 0 saturated heterocycles. The van der Waals surface area contributed by atoms with Crippen LogP contribution in [0, 0.1) is 5.92 Å². The highest BCUT2D eigenvalue weighted by Crippen LogP contribution is 2.26. The fourth-order valence-corrected chi connectivity index (χ4v) is 1.83. The molecule has 0 radical (unpaired) electrons. The van der Waals surface area contributed by atoms with Crippen molar-refractivity contribution in [1.82, 2.24) is 0 Å². The third-order valence-electron chi connectivity index (χ3n) is 2.64. The minimum absolute atomic E-state index is 0.0496. The average Bonchev–Trinajstić information content (AvgIpc) is 2.25. The molecule has 5 nitrogen and oxygen atoms in total. The Morgan fingerprint density at radius 1 is 1.33 bits per heavy atom. The van der Waals surface area contributed by atoms with Crippen LogP contribution >= 0.6 is 0 Å². The molecule has 0 atom stereocenters. The predicted octanol–water partition coefficient (Wildman–Crippen LogP) is 0.819. The Morgan fingerprint density at radius 2 is 2.00 bits per heavy atom. The maximum atomic E-state index is 10.3. The molecule has 0 spiro atoms. The van der Waals surface area contributed by atoms with Crippen LogP contribution in [0.15, 0.2) is 0 Å². The zero-order chi connectivity index (χ0) is 11.1. The highest BCUT2D eigenvalue weighted by molar-refractivity contribution is 5.68. The van der Waals surface area contributed by atoms with E-state index in [2.05, 4.69) is 0 Å². The third-order valence-corrected chi connectivity index (χ3v) is 2.64. The first-order valence-electron chi connectivity index (χ1n) is 5.11. The van der Waals surface area contributed by atoms with Gasteiger partial charge in [0.1, 0.15) is 6.61 Å². The van der Waals surface area contributed by atoms with Crippen molar-refractivity contribution >= 4 is 12.4 Å². The van der Waals surface area contributed by atoms with E-state index in [0.717, 1.165) is 25.7 Å². The van der Waals surface area contributed by atoms with Gasteiger partial charge in [-0.15, -0.1) is 0 Å². The van der Waals surface area contributed by atoms with E-state index in [-0.39, 0.29) is 12.7 Å². The van der Waals surface area contributed by atoms with Gasteiger partial charge in [0.05, 0.1) is 12.7 Å². The van der Waals surface area contributed by atoms with E-state index in [0.29, 0.717) is 19.0 Å². The molecule has 1 fully saturated rings. The first-order valence-corrected chi connectivity index (χ1v) is 5.11. The van der Waals surface area contributed by atoms with Gasteiger partial charge in [-0.25, -0.2) is 4.79 Å². The van der Waals surface area contributed by atoms with Crippen molar-refractivity contribution in [3.63, 3.8) is 0 Å². The van der Waals surface area contributed by atoms with Gasteiger partial charge in [0.2, 0.25) is 0 Å². The molecule has 0 aromatic carbocycles. The Kier molecular flexibility index (Phi) is 5.10. The number of carbonyl (C=O) groups excluding carboxylic acids is 1. The second-order valence-corrected chi connectivity index (χ2v) is 3.78. The van der Waals surface area contributed by atoms with Gasteiger partial charge >= 0.3 is 5.97 Å². The molecule has 0 heterocycles. The fraction of sp³-hybridized carbons (Fsp3) is 0.800. The van der Waals surface area contributed by atoms with Crippen LogP contribution in [0.2, 0.25) is 0 Å². The van der Waals surface area contributed by atoms with Crippen LogP contribution in [0.3, 0.4) is 0 Å². The first-order chi connectivity index (χ1) is 7.22. The lowest BCUT2D eigenvalue weighted by Crippen LogP contribution is -2.26. The minimum Gasteiger partial charge on any atom is -0.480 e. The van der Waals surface area contributed by atoms with Gasteiger partial charge in [0, 0.05) is 0 Å². The highest BCUT2D eigenvalue weighted by atomic mass is 16.5. The summed E-state index contributed by atoms with van der Waals surface area (Å²) >= 11 is 0. The molecule has 5 heteroatoms. The molecule has 1 N–H and O–H groups in total. The third kappa shape index (κ3) is 4.78. The summed E-state index contributed by atoms with van der Waals surface area (Å²) in [6.07, 6.45) is 3.60. The summed E-state index contributed by atoms with van der Waals surface area (Å²) in [5, 5.41) is 8.43. The monoisotopic (exact) mass is 216 g/mol. The van der Waals surface area contributed by atoms with Crippen molar-refractivity contribution in [2.24, 2.45) is 5.92 Å². The van der Waals surface area contributed by atoms with Crippen molar-refractivity contribution in [3.05, 3.63) is 0 Å². The van der Waals surface area contributed by atoms with Crippen molar-refractivity contribution in [2.75, 3.05) is 13.2 Å². The van der Waals surface area contributed by atoms with Gasteiger partial charge in [0.15, 0.2) is 0 Å². The maximum Gasteiger partial charge on any atom is 0.329 e. The van der Waals surface area contributed by atoms with E-state index < -0.39 is 5.97 Å². The van der Waals surface area contributed by atoms with Gasteiger partial charge in [-0.3, -0.25) is 4.79 Å². The normalized spacial score (nSPS) is 25.9. The number of carboxylic acid groups (broad SMARTS) is 1. The molecule has 0 unspecified atom stereocenters. The Morgan fingerprint density at radius 3 is 2.53 bits per heavy atom. The van der Waals surface area contributed by atoms with E-state index in [1.807, 2.05) is 0 Å². The number of aliphatic carboxylic acids is 1. The summed E-state index contributed by atoms with van der Waals surface area (Å²) < 4.78 is 9.88. The van der Waals surface area contributed by atoms with Crippen molar-refractivity contribution in [3.8, 4) is 0 Å². The van der Waals surface area contributed by atoms with Crippen LogP contribution in [0.5, 0.6) is 0 Å². The lowest BCUT2D eigenvalue weighted by Gasteiger charge is -2.27. The molecule has 0 aliphatic heterocycles. The molecular weight excluding hydrogens is 200 g/mol. The van der Waals surface area contributed by atoms with Gasteiger partial charge in [0.25, 0.3) is 6.47 Å². The number of carboxylic acids is 1. The van der Waals surface area contributed by atoms with Gasteiger partial charge in [-0.1, -0.05) is 0 Å². The van der Waals surface area contributed by atoms with Gasteiger partial charge < -0.3 is 14.6 Å². The molecule has 1 rings (SSSR count). The number of ether oxygens (including phenoxy) is 2. The number of carbonyl (C=O) groups is 2. The molecule has 0 bridgehead atoms. The summed E-state index contributed by atoms with van der Waals surface area (Å²) in [6.45, 7) is 0.711. The Hall–Kier alpha value is -1.10. The molecule has 0 aromatic heterocycles. The average molecular weight is 216 g/mol. The van der Waals surface area contributed by atoms with Crippen LogP contribution in [0.4, 0.5) is 0 Å². The lowest BCUT2D eigenvalue weighted by molar-refractivity contribution is -0.145. The van der Waals surface area contributed by atoms with Crippen molar-refractivity contribution in [1.29, 1.82) is 0 Å². The van der Waals surface area contributed by atoms with Crippen LogP contribution in [0.1, 0.15) is 25.7 Å². The second-order valence-electron chi connectivity index (χ2n) is 3.78. The van der Waals surface area contributed by atoms with Gasteiger partial charge in [-0.2, -0.15) is 0 Å². The standard InChI is InChI=1S/C10H16O5/c11-7-14-5-8-1-3-9(4-2-8)15-6-10(12)13/h7-9H,1-6H2,(H,12,13). The minimum atomic E-state index is -0.929. The summed E-state index contributed by atoms with van der Waals surface area (Å²) in [7, 11) is 0. The van der Waals surface area contributed by atoms with Crippen molar-refractivity contribution < 1.29 is 24.2 Å². The lowest BCUT2D eigenvalue weighted by atomic mass is 9.88. The SMILES string of the molecule is O=COCC1CCC(OCC(=O)O)CC1. The molecular formula is C10H16O5. The summed E-state index contributed by atoms with van der Waals surface area (Å²) in [6, 6.07) is 0. The molecule has 1 aliphatic rings. The van der Waals surface area contributed by atoms with Crippen LogP contribution in [-0.4, -0.2) is 36.9 Å². The van der Waals surface area contributed by atoms with E-state index in [1.165, 1.54) is 0 Å². The zero-order valence-corrected chi connectivity index (χ0v) is 8.55. The number of hydrogen-bond donors (Lipinski definition) is 1. The smallest absolute Gasteiger partial charge is 0.329 e. The highest BCUT2D eigenvalue weighted by Gasteiger charge is 2.22. The molecule has 1 saturated carbocycles. The van der Waals surface area contributed by atoms with Crippen LogP contribution < -0.4 is 0 Å². The molecule has 15 heavy (non-hydrogen) atoms. The van der Waals surface area contributed by atoms with E-state index in [1.54, 1.807) is 0 Å². The fourth-order valence-electron chi connectivity index (χ4n) is 1.83. The number of rotatable bonds is 6. The Labute approximate surface area is 88.4 Å². The van der Waals surface area contributed by atoms with E-state index >= 15 is 0 Å². The van der Waals surface area contributed by atoms with E-state index in [4.69, 9.17) is 14.6 Å². The van der Waals surface area contributed by atoms with Crippen molar-refractivity contribution in [2.45, 2.75) is 31.8 Å². The van der Waals surface area contributed by atoms with Gasteiger partial charge in [-0.05, 0) is 31.6 Å². The second kappa shape index (κ2) is 6.40. The topological polar surface area (TPSA) is 72.8 Å². The largest absolute Gasteiger partial charge is 0.480 e. The quantitative estimate of drug-likeness (QED) is 0.665. The molecule has 86 valence electrons. The van der Waals surface area contributed by atoms with Crippen LogP contribution in [-0.2, 0) is 19.1 Å².